The van der Waals surface area contributed by atoms with Gasteiger partial charge < -0.3 is 15.3 Å². The van der Waals surface area contributed by atoms with Crippen LogP contribution in [0, 0.1) is 5.82 Å². The molecule has 0 spiro atoms. The van der Waals surface area contributed by atoms with Crippen molar-refractivity contribution in [1.82, 2.24) is 10.2 Å². The van der Waals surface area contributed by atoms with Crippen LogP contribution in [0.5, 0.6) is 5.75 Å². The van der Waals surface area contributed by atoms with Crippen LogP contribution in [-0.2, 0) is 6.54 Å². The van der Waals surface area contributed by atoms with Gasteiger partial charge in [0.15, 0.2) is 11.6 Å². The molecule has 4 heteroatoms. The first-order chi connectivity index (χ1) is 7.99. The summed E-state index contributed by atoms with van der Waals surface area (Å²) in [5.41, 5.74) is 0.844. The SMILES string of the molecule is CC(CCN(C)C)NCc1ccc(O)c(F)c1. The van der Waals surface area contributed by atoms with Gasteiger partial charge in [-0.2, -0.15) is 0 Å². The van der Waals surface area contributed by atoms with E-state index < -0.39 is 5.82 Å². The number of phenols is 1. The molecule has 0 aliphatic heterocycles. The third-order valence-corrected chi connectivity index (χ3v) is 2.68. The van der Waals surface area contributed by atoms with Gasteiger partial charge in [0.05, 0.1) is 0 Å². The largest absolute Gasteiger partial charge is 0.505 e. The van der Waals surface area contributed by atoms with Crippen LogP contribution in [-0.4, -0.2) is 36.7 Å². The minimum Gasteiger partial charge on any atom is -0.505 e. The summed E-state index contributed by atoms with van der Waals surface area (Å²) in [6.07, 6.45) is 1.05. The molecule has 0 fully saturated rings. The van der Waals surface area contributed by atoms with Gasteiger partial charge in [-0.1, -0.05) is 6.07 Å². The predicted molar refractivity (Wildman–Crippen MR) is 67.5 cm³/mol. The maximum absolute atomic E-state index is 13.1. The van der Waals surface area contributed by atoms with Crippen molar-refractivity contribution < 1.29 is 9.50 Å². The molecule has 2 N–H and O–H groups in total. The fourth-order valence-electron chi connectivity index (χ4n) is 1.51. The molecule has 17 heavy (non-hydrogen) atoms. The Hall–Kier alpha value is -1.13. The molecule has 0 bridgehead atoms. The molecule has 1 aromatic rings. The third kappa shape index (κ3) is 5.15. The first-order valence-electron chi connectivity index (χ1n) is 5.84. The summed E-state index contributed by atoms with van der Waals surface area (Å²) in [5.74, 6) is -0.861. The van der Waals surface area contributed by atoms with Gasteiger partial charge in [-0.3, -0.25) is 0 Å². The van der Waals surface area contributed by atoms with Crippen LogP contribution in [0.3, 0.4) is 0 Å². The van der Waals surface area contributed by atoms with Crippen molar-refractivity contribution >= 4 is 0 Å². The van der Waals surface area contributed by atoms with Gasteiger partial charge in [-0.25, -0.2) is 4.39 Å². The highest BCUT2D eigenvalue weighted by Crippen LogP contribution is 2.16. The summed E-state index contributed by atoms with van der Waals surface area (Å²) in [5, 5.41) is 12.4. The normalized spacial score (nSPS) is 13.0. The second-order valence-corrected chi connectivity index (χ2v) is 4.66. The topological polar surface area (TPSA) is 35.5 Å². The zero-order valence-corrected chi connectivity index (χ0v) is 10.7. The molecule has 0 aliphatic rings. The maximum atomic E-state index is 13.1. The lowest BCUT2D eigenvalue weighted by atomic mass is 10.1. The fraction of sp³-hybridized carbons (Fsp3) is 0.538. The third-order valence-electron chi connectivity index (χ3n) is 2.68. The first kappa shape index (κ1) is 13.9. The smallest absolute Gasteiger partial charge is 0.165 e. The van der Waals surface area contributed by atoms with Crippen LogP contribution < -0.4 is 5.32 Å². The molecule has 0 aliphatic carbocycles. The molecule has 1 atom stereocenters. The molecule has 0 aromatic heterocycles. The van der Waals surface area contributed by atoms with E-state index in [0.29, 0.717) is 12.6 Å². The minimum atomic E-state index is -0.565. The first-order valence-corrected chi connectivity index (χ1v) is 5.84. The van der Waals surface area contributed by atoms with Crippen LogP contribution in [0.15, 0.2) is 18.2 Å². The van der Waals surface area contributed by atoms with Crippen LogP contribution in [0.2, 0.25) is 0 Å². The van der Waals surface area contributed by atoms with Crippen molar-refractivity contribution in [1.29, 1.82) is 0 Å². The van der Waals surface area contributed by atoms with E-state index in [9.17, 15) is 4.39 Å². The van der Waals surface area contributed by atoms with E-state index >= 15 is 0 Å². The summed E-state index contributed by atoms with van der Waals surface area (Å²) in [7, 11) is 4.09. The van der Waals surface area contributed by atoms with E-state index in [1.807, 2.05) is 14.1 Å². The number of nitrogens with zero attached hydrogens (tertiary/aromatic N) is 1. The summed E-state index contributed by atoms with van der Waals surface area (Å²) >= 11 is 0. The molecule has 3 nitrogen and oxygen atoms in total. The van der Waals surface area contributed by atoms with Gasteiger partial charge in [0.25, 0.3) is 0 Å². The quantitative estimate of drug-likeness (QED) is 0.798. The number of hydrogen-bond acceptors (Lipinski definition) is 3. The Bertz CT molecular complexity index is 355. The molecule has 1 unspecified atom stereocenters. The maximum Gasteiger partial charge on any atom is 0.165 e. The van der Waals surface area contributed by atoms with Crippen molar-refractivity contribution in [2.75, 3.05) is 20.6 Å². The Morgan fingerprint density at radius 1 is 1.41 bits per heavy atom. The number of rotatable bonds is 6. The number of halogens is 1. The Morgan fingerprint density at radius 2 is 2.12 bits per heavy atom. The van der Waals surface area contributed by atoms with Crippen molar-refractivity contribution in [2.45, 2.75) is 25.9 Å². The average Bonchev–Trinajstić information content (AvgIpc) is 2.28. The van der Waals surface area contributed by atoms with E-state index in [2.05, 4.69) is 17.1 Å². The van der Waals surface area contributed by atoms with E-state index in [4.69, 9.17) is 5.11 Å². The second-order valence-electron chi connectivity index (χ2n) is 4.66. The van der Waals surface area contributed by atoms with Gasteiger partial charge in [-0.15, -0.1) is 0 Å². The Labute approximate surface area is 102 Å². The van der Waals surface area contributed by atoms with Crippen molar-refractivity contribution in [3.63, 3.8) is 0 Å². The zero-order chi connectivity index (χ0) is 12.8. The lowest BCUT2D eigenvalue weighted by molar-refractivity contribution is 0.365. The molecule has 0 saturated carbocycles. The molecule has 1 rings (SSSR count). The van der Waals surface area contributed by atoms with Crippen LogP contribution in [0.4, 0.5) is 4.39 Å². The molecule has 0 radical (unpaired) electrons. The summed E-state index contributed by atoms with van der Waals surface area (Å²) < 4.78 is 13.1. The summed E-state index contributed by atoms with van der Waals surface area (Å²) in [6.45, 7) is 3.75. The van der Waals surface area contributed by atoms with Crippen LogP contribution >= 0.6 is 0 Å². The molecule has 1 aromatic carbocycles. The summed E-state index contributed by atoms with van der Waals surface area (Å²) in [6, 6.07) is 4.86. The number of phenolic OH excluding ortho intramolecular Hbond substituents is 1. The average molecular weight is 240 g/mol. The van der Waals surface area contributed by atoms with Gasteiger partial charge in [0.2, 0.25) is 0 Å². The van der Waals surface area contributed by atoms with E-state index in [1.54, 1.807) is 6.07 Å². The highest BCUT2D eigenvalue weighted by atomic mass is 19.1. The van der Waals surface area contributed by atoms with Crippen molar-refractivity contribution in [3.05, 3.63) is 29.6 Å². The van der Waals surface area contributed by atoms with E-state index in [1.165, 1.54) is 12.1 Å². The summed E-state index contributed by atoms with van der Waals surface area (Å²) in [4.78, 5) is 2.14. The van der Waals surface area contributed by atoms with Gasteiger partial charge in [0, 0.05) is 12.6 Å². The van der Waals surface area contributed by atoms with Gasteiger partial charge >= 0.3 is 0 Å². The number of hydrogen-bond donors (Lipinski definition) is 2. The van der Waals surface area contributed by atoms with Crippen LogP contribution in [0.1, 0.15) is 18.9 Å². The number of benzene rings is 1. The van der Waals surface area contributed by atoms with E-state index in [0.717, 1.165) is 18.5 Å². The van der Waals surface area contributed by atoms with Crippen LogP contribution in [0.25, 0.3) is 0 Å². The Morgan fingerprint density at radius 3 is 2.71 bits per heavy atom. The van der Waals surface area contributed by atoms with Crippen molar-refractivity contribution in [2.24, 2.45) is 0 Å². The monoisotopic (exact) mass is 240 g/mol. The molecule has 0 saturated heterocycles. The Kier molecular flexibility index (Phi) is 5.38. The number of aromatic hydroxyl groups is 1. The Balaban J connectivity index is 2.36. The minimum absolute atomic E-state index is 0.297. The second kappa shape index (κ2) is 6.57. The lowest BCUT2D eigenvalue weighted by Gasteiger charge is -2.16. The zero-order valence-electron chi connectivity index (χ0n) is 10.7. The number of nitrogens with one attached hydrogen (secondary N) is 1. The van der Waals surface area contributed by atoms with Crippen molar-refractivity contribution in [3.8, 4) is 5.75 Å². The molecule has 0 amide bonds. The van der Waals surface area contributed by atoms with Gasteiger partial charge in [-0.05, 0) is 51.7 Å². The molecular formula is C13H21FN2O. The molecule has 0 heterocycles. The standard InChI is InChI=1S/C13H21FN2O/c1-10(6-7-16(2)3)15-9-11-4-5-13(17)12(14)8-11/h4-5,8,10,15,17H,6-7,9H2,1-3H3. The molecular weight excluding hydrogens is 219 g/mol. The van der Waals surface area contributed by atoms with Gasteiger partial charge in [0.1, 0.15) is 0 Å². The fourth-order valence-corrected chi connectivity index (χ4v) is 1.51. The lowest BCUT2D eigenvalue weighted by Crippen LogP contribution is -2.29. The highest BCUT2D eigenvalue weighted by molar-refractivity contribution is 5.27. The highest BCUT2D eigenvalue weighted by Gasteiger charge is 2.04. The van der Waals surface area contributed by atoms with E-state index in [-0.39, 0.29) is 5.75 Å². The molecule has 96 valence electrons. The predicted octanol–water partition coefficient (Wildman–Crippen LogP) is 1.96.